The molecule has 9 heteroatoms. The monoisotopic (exact) mass is 328 g/mol. The van der Waals surface area contributed by atoms with Crippen LogP contribution in [0, 0.1) is 11.8 Å². The summed E-state index contributed by atoms with van der Waals surface area (Å²) in [4.78, 5) is 48.4. The van der Waals surface area contributed by atoms with Gasteiger partial charge in [-0.2, -0.15) is 4.98 Å². The van der Waals surface area contributed by atoms with E-state index in [-0.39, 0.29) is 28.9 Å². The number of H-pyrrole nitrogens is 1. The third kappa shape index (κ3) is 3.14. The molecule has 2 aromatic rings. The number of nitrogens with zero attached hydrogens (tertiary/aromatic N) is 3. The Bertz CT molecular complexity index is 875. The van der Waals surface area contributed by atoms with E-state index in [1.165, 1.54) is 6.20 Å². The highest BCUT2D eigenvalue weighted by atomic mass is 16.1. The molecule has 124 valence electrons. The maximum atomic E-state index is 11.8. The zero-order chi connectivity index (χ0) is 17.1. The predicted octanol–water partition coefficient (Wildman–Crippen LogP) is -0.307. The minimum absolute atomic E-state index is 0.00956. The average Bonchev–Trinajstić information content (AvgIpc) is 2.59. The summed E-state index contributed by atoms with van der Waals surface area (Å²) >= 11 is 0. The number of anilines is 1. The second kappa shape index (κ2) is 6.57. The number of aldehydes is 2. The standard InChI is InChI=1S/C15H16N6O3/c16-15-20-13-12(14(24)21-15)19-11(5-18-13)4-17-10-2-1-8(6-22)9(3-10)7-23/h2,5-9,17H,1,3-4H2,(H3,16,18,20,21,24). The highest BCUT2D eigenvalue weighted by Gasteiger charge is 2.25. The van der Waals surface area contributed by atoms with E-state index in [1.54, 1.807) is 0 Å². The third-order valence-electron chi connectivity index (χ3n) is 3.97. The lowest BCUT2D eigenvalue weighted by atomic mass is 9.83. The van der Waals surface area contributed by atoms with Crippen molar-refractivity contribution in [3.63, 3.8) is 0 Å². The van der Waals surface area contributed by atoms with Crippen LogP contribution in [0.25, 0.3) is 11.2 Å². The molecular formula is C15H16N6O3. The summed E-state index contributed by atoms with van der Waals surface area (Å²) in [5.74, 6) is -0.582. The van der Waals surface area contributed by atoms with Crippen LogP contribution in [0.15, 0.2) is 22.8 Å². The first-order valence-corrected chi connectivity index (χ1v) is 7.45. The van der Waals surface area contributed by atoms with Crippen LogP contribution in [0.5, 0.6) is 0 Å². The summed E-state index contributed by atoms with van der Waals surface area (Å²) < 4.78 is 0. The van der Waals surface area contributed by atoms with Gasteiger partial charge >= 0.3 is 0 Å². The topological polar surface area (TPSA) is 144 Å². The molecule has 0 spiro atoms. The summed E-state index contributed by atoms with van der Waals surface area (Å²) in [6.07, 6.45) is 6.07. The van der Waals surface area contributed by atoms with Crippen molar-refractivity contribution in [2.45, 2.75) is 19.4 Å². The number of carbonyl (C=O) groups is 2. The second-order valence-corrected chi connectivity index (χ2v) is 5.61. The molecule has 2 aromatic heterocycles. The SMILES string of the molecule is Nc1nc2ncc(CNC3=CCC(C=O)C(C=O)C3)nc2c(=O)[nH]1. The van der Waals surface area contributed by atoms with Gasteiger partial charge < -0.3 is 20.6 Å². The summed E-state index contributed by atoms with van der Waals surface area (Å²) in [5, 5.41) is 3.17. The van der Waals surface area contributed by atoms with Crippen molar-refractivity contribution in [2.75, 3.05) is 5.73 Å². The van der Waals surface area contributed by atoms with Gasteiger partial charge in [0.25, 0.3) is 5.56 Å². The molecule has 2 unspecified atom stereocenters. The molecule has 0 aromatic carbocycles. The van der Waals surface area contributed by atoms with Crippen LogP contribution in [0.3, 0.4) is 0 Å². The second-order valence-electron chi connectivity index (χ2n) is 5.61. The minimum Gasteiger partial charge on any atom is -0.383 e. The van der Waals surface area contributed by atoms with E-state index in [2.05, 4.69) is 25.3 Å². The van der Waals surface area contributed by atoms with Crippen LogP contribution >= 0.6 is 0 Å². The summed E-state index contributed by atoms with van der Waals surface area (Å²) in [5.41, 5.74) is 6.75. The quantitative estimate of drug-likeness (QED) is 0.634. The first-order valence-electron chi connectivity index (χ1n) is 7.45. The van der Waals surface area contributed by atoms with Crippen molar-refractivity contribution in [3.8, 4) is 0 Å². The first-order chi connectivity index (χ1) is 11.6. The molecule has 3 rings (SSSR count). The molecule has 24 heavy (non-hydrogen) atoms. The Kier molecular flexibility index (Phi) is 4.32. The van der Waals surface area contributed by atoms with E-state index >= 15 is 0 Å². The van der Waals surface area contributed by atoms with E-state index in [0.29, 0.717) is 25.1 Å². The van der Waals surface area contributed by atoms with Gasteiger partial charge in [0.15, 0.2) is 11.2 Å². The summed E-state index contributed by atoms with van der Waals surface area (Å²) in [6, 6.07) is 0. The van der Waals surface area contributed by atoms with Crippen LogP contribution in [0.4, 0.5) is 5.95 Å². The summed E-state index contributed by atoms with van der Waals surface area (Å²) in [6.45, 7) is 0.343. The fourth-order valence-electron chi connectivity index (χ4n) is 2.65. The van der Waals surface area contributed by atoms with Gasteiger partial charge in [-0.15, -0.1) is 0 Å². The lowest BCUT2D eigenvalue weighted by Crippen LogP contribution is -2.27. The van der Waals surface area contributed by atoms with Gasteiger partial charge in [-0.25, -0.2) is 9.97 Å². The highest BCUT2D eigenvalue weighted by molar-refractivity contribution is 5.69. The van der Waals surface area contributed by atoms with E-state index in [4.69, 9.17) is 5.73 Å². The van der Waals surface area contributed by atoms with Crippen LogP contribution in [0.1, 0.15) is 18.5 Å². The zero-order valence-corrected chi connectivity index (χ0v) is 12.7. The molecule has 0 fully saturated rings. The number of rotatable bonds is 5. The van der Waals surface area contributed by atoms with Crippen molar-refractivity contribution in [1.29, 1.82) is 0 Å². The number of aromatic amines is 1. The Balaban J connectivity index is 1.74. The zero-order valence-electron chi connectivity index (χ0n) is 12.7. The highest BCUT2D eigenvalue weighted by Crippen LogP contribution is 2.25. The molecule has 0 radical (unpaired) electrons. The number of hydrogen-bond donors (Lipinski definition) is 3. The number of aromatic nitrogens is 4. The van der Waals surface area contributed by atoms with Gasteiger partial charge in [-0.05, 0) is 12.8 Å². The Morgan fingerprint density at radius 2 is 2.08 bits per heavy atom. The van der Waals surface area contributed by atoms with E-state index in [0.717, 1.165) is 18.3 Å². The largest absolute Gasteiger partial charge is 0.383 e. The average molecular weight is 328 g/mol. The van der Waals surface area contributed by atoms with Crippen molar-refractivity contribution in [2.24, 2.45) is 11.8 Å². The van der Waals surface area contributed by atoms with Gasteiger partial charge in [0.05, 0.1) is 18.4 Å². The van der Waals surface area contributed by atoms with Crippen molar-refractivity contribution in [1.82, 2.24) is 25.3 Å². The van der Waals surface area contributed by atoms with Crippen LogP contribution < -0.4 is 16.6 Å². The molecule has 0 bridgehead atoms. The molecule has 0 saturated heterocycles. The van der Waals surface area contributed by atoms with Crippen LogP contribution in [0.2, 0.25) is 0 Å². The molecule has 4 N–H and O–H groups in total. The number of hydrogen-bond acceptors (Lipinski definition) is 8. The maximum absolute atomic E-state index is 11.8. The molecule has 0 amide bonds. The first kappa shape index (κ1) is 15.8. The normalized spacial score (nSPS) is 20.4. The number of nitrogen functional groups attached to an aromatic ring is 1. The smallest absolute Gasteiger partial charge is 0.280 e. The molecule has 1 aliphatic rings. The lowest BCUT2D eigenvalue weighted by Gasteiger charge is -2.24. The van der Waals surface area contributed by atoms with E-state index in [9.17, 15) is 14.4 Å². The van der Waals surface area contributed by atoms with Crippen LogP contribution in [-0.4, -0.2) is 32.5 Å². The Labute approximate surface area is 136 Å². The van der Waals surface area contributed by atoms with Gasteiger partial charge in [-0.1, -0.05) is 6.08 Å². The molecule has 2 atom stereocenters. The third-order valence-corrected chi connectivity index (χ3v) is 3.97. The fourth-order valence-corrected chi connectivity index (χ4v) is 2.65. The maximum Gasteiger partial charge on any atom is 0.280 e. The molecule has 0 saturated carbocycles. The van der Waals surface area contributed by atoms with E-state index < -0.39 is 5.56 Å². The van der Waals surface area contributed by atoms with Gasteiger partial charge in [0, 0.05) is 17.5 Å². The number of nitrogens with two attached hydrogens (primary N) is 1. The van der Waals surface area contributed by atoms with Crippen molar-refractivity contribution < 1.29 is 9.59 Å². The number of nitrogens with one attached hydrogen (secondary N) is 2. The molecule has 9 nitrogen and oxygen atoms in total. The fraction of sp³-hybridized carbons (Fsp3) is 0.333. The Morgan fingerprint density at radius 1 is 1.29 bits per heavy atom. The van der Waals surface area contributed by atoms with Crippen LogP contribution in [-0.2, 0) is 16.1 Å². The molecule has 0 aliphatic heterocycles. The van der Waals surface area contributed by atoms with Gasteiger partial charge in [0.2, 0.25) is 5.95 Å². The van der Waals surface area contributed by atoms with Gasteiger partial charge in [-0.3, -0.25) is 9.78 Å². The Hall–Kier alpha value is -3.10. The van der Waals surface area contributed by atoms with E-state index in [1.807, 2.05) is 6.08 Å². The van der Waals surface area contributed by atoms with Crippen molar-refractivity contribution >= 4 is 29.7 Å². The number of fused-ring (bicyclic) bond motifs is 1. The Morgan fingerprint density at radius 3 is 2.83 bits per heavy atom. The molecule has 2 heterocycles. The predicted molar refractivity (Wildman–Crippen MR) is 85.6 cm³/mol. The van der Waals surface area contributed by atoms with Gasteiger partial charge in [0.1, 0.15) is 12.6 Å². The summed E-state index contributed by atoms with van der Waals surface area (Å²) in [7, 11) is 0. The molecular weight excluding hydrogens is 312 g/mol. The lowest BCUT2D eigenvalue weighted by molar-refractivity contribution is -0.119. The number of allylic oxidation sites excluding steroid dienone is 2. The minimum atomic E-state index is -0.446. The van der Waals surface area contributed by atoms with Crippen molar-refractivity contribution in [3.05, 3.63) is 34.0 Å². The number of carbonyl (C=O) groups excluding carboxylic acids is 2. The molecule has 1 aliphatic carbocycles.